The standard InChI is InChI=1S/C32H50O10S2/c1-4-5-6-7-8-9-10-11-12-13-18-28-25(17-15-22-43(34,35)36)20-21-30(32(28)41-3)42-27(24-44(37,38)39)23-26-16-14-19-29(40-2)31(26)33/h14,16,19-21,27,33H,4-13,15,17-18,22-24H2,1-3H3,(H,34,35,36)(H,37,38,39). The minimum Gasteiger partial charge on any atom is -0.504 e. The SMILES string of the molecule is CCCCCCCCCCCCc1c(CCCS(=O)(=O)O)ccc(OC(Cc2cccc(OC)c2O)CS(=O)(=O)O)c1OC. The van der Waals surface area contributed by atoms with Gasteiger partial charge in [0.15, 0.2) is 23.0 Å². The van der Waals surface area contributed by atoms with Crippen LogP contribution >= 0.6 is 0 Å². The average Bonchev–Trinajstić information content (AvgIpc) is 2.94. The van der Waals surface area contributed by atoms with Crippen LogP contribution in [0.15, 0.2) is 30.3 Å². The van der Waals surface area contributed by atoms with Crippen molar-refractivity contribution in [2.24, 2.45) is 0 Å². The van der Waals surface area contributed by atoms with Crippen molar-refractivity contribution in [2.45, 2.75) is 103 Å². The van der Waals surface area contributed by atoms with E-state index in [1.165, 1.54) is 59.2 Å². The van der Waals surface area contributed by atoms with Crippen LogP contribution in [-0.4, -0.2) is 62.9 Å². The van der Waals surface area contributed by atoms with Gasteiger partial charge in [-0.25, -0.2) is 0 Å². The molecule has 2 aromatic rings. The summed E-state index contributed by atoms with van der Waals surface area (Å²) in [6.45, 7) is 2.21. The molecule has 0 saturated carbocycles. The van der Waals surface area contributed by atoms with Crippen LogP contribution in [0, 0.1) is 0 Å². The Bertz CT molecular complexity index is 1360. The lowest BCUT2D eigenvalue weighted by atomic mass is 9.96. The maximum Gasteiger partial charge on any atom is 0.268 e. The van der Waals surface area contributed by atoms with E-state index in [1.54, 1.807) is 30.3 Å². The van der Waals surface area contributed by atoms with Gasteiger partial charge in [-0.1, -0.05) is 82.9 Å². The Morgan fingerprint density at radius 3 is 1.91 bits per heavy atom. The fourth-order valence-corrected chi connectivity index (χ4v) is 6.56. The number of aryl methyl sites for hydroxylation is 1. The van der Waals surface area contributed by atoms with Crippen LogP contribution in [-0.2, 0) is 39.5 Å². The third kappa shape index (κ3) is 14.0. The third-order valence-electron chi connectivity index (χ3n) is 7.59. The molecule has 0 fully saturated rings. The van der Waals surface area contributed by atoms with Crippen LogP contribution in [0.25, 0.3) is 0 Å². The molecule has 44 heavy (non-hydrogen) atoms. The monoisotopic (exact) mass is 658 g/mol. The third-order valence-corrected chi connectivity index (χ3v) is 9.19. The second kappa shape index (κ2) is 19.1. The number of aromatic hydroxyl groups is 1. The number of rotatable bonds is 23. The minimum absolute atomic E-state index is 0.0458. The van der Waals surface area contributed by atoms with Crippen LogP contribution in [0.5, 0.6) is 23.0 Å². The van der Waals surface area contributed by atoms with Gasteiger partial charge in [0, 0.05) is 17.5 Å². The molecule has 0 heterocycles. The number of benzene rings is 2. The normalized spacial score (nSPS) is 12.7. The molecule has 0 amide bonds. The highest BCUT2D eigenvalue weighted by atomic mass is 32.2. The number of para-hydroxylation sites is 1. The first-order chi connectivity index (χ1) is 20.9. The zero-order valence-corrected chi connectivity index (χ0v) is 27.9. The maximum atomic E-state index is 11.9. The first-order valence-corrected chi connectivity index (χ1v) is 18.7. The van der Waals surface area contributed by atoms with E-state index < -0.39 is 32.1 Å². The first kappa shape index (κ1) is 37.6. The molecule has 12 heteroatoms. The lowest BCUT2D eigenvalue weighted by Crippen LogP contribution is -2.29. The summed E-state index contributed by atoms with van der Waals surface area (Å²) in [6.07, 6.45) is 11.8. The van der Waals surface area contributed by atoms with Gasteiger partial charge < -0.3 is 19.3 Å². The van der Waals surface area contributed by atoms with Gasteiger partial charge >= 0.3 is 0 Å². The summed E-state index contributed by atoms with van der Waals surface area (Å²) in [7, 11) is -5.66. The molecule has 0 aliphatic carbocycles. The lowest BCUT2D eigenvalue weighted by Gasteiger charge is -2.23. The topological polar surface area (TPSA) is 157 Å². The quantitative estimate of drug-likeness (QED) is 0.0881. The van der Waals surface area contributed by atoms with Gasteiger partial charge in [-0.05, 0) is 43.4 Å². The molecule has 2 aromatic carbocycles. The molecule has 3 N–H and O–H groups in total. The highest BCUT2D eigenvalue weighted by Crippen LogP contribution is 2.37. The molecule has 0 aliphatic heterocycles. The molecule has 2 rings (SSSR count). The number of hydrogen-bond donors (Lipinski definition) is 3. The second-order valence-corrected chi connectivity index (χ2v) is 14.3. The van der Waals surface area contributed by atoms with Gasteiger partial charge in [-0.15, -0.1) is 0 Å². The maximum absolute atomic E-state index is 11.9. The van der Waals surface area contributed by atoms with E-state index in [4.69, 9.17) is 14.2 Å². The van der Waals surface area contributed by atoms with E-state index in [2.05, 4.69) is 6.92 Å². The summed E-state index contributed by atoms with van der Waals surface area (Å²) >= 11 is 0. The summed E-state index contributed by atoms with van der Waals surface area (Å²) in [5.41, 5.74) is 2.06. The highest BCUT2D eigenvalue weighted by molar-refractivity contribution is 7.86. The van der Waals surface area contributed by atoms with Crippen molar-refractivity contribution in [3.63, 3.8) is 0 Å². The van der Waals surface area contributed by atoms with Gasteiger partial charge in [-0.2, -0.15) is 16.8 Å². The van der Waals surface area contributed by atoms with E-state index in [-0.39, 0.29) is 35.8 Å². The van der Waals surface area contributed by atoms with E-state index >= 15 is 0 Å². The van der Waals surface area contributed by atoms with Crippen molar-refractivity contribution < 1.29 is 45.3 Å². The fraction of sp³-hybridized carbons (Fsp3) is 0.625. The molecule has 1 unspecified atom stereocenters. The van der Waals surface area contributed by atoms with Crippen molar-refractivity contribution in [1.29, 1.82) is 0 Å². The Labute approximate surface area is 263 Å². The van der Waals surface area contributed by atoms with E-state index in [9.17, 15) is 31.0 Å². The molecule has 1 atom stereocenters. The Morgan fingerprint density at radius 2 is 1.34 bits per heavy atom. The lowest BCUT2D eigenvalue weighted by molar-refractivity contribution is 0.209. The molecule has 10 nitrogen and oxygen atoms in total. The van der Waals surface area contributed by atoms with Crippen molar-refractivity contribution >= 4 is 20.2 Å². The number of ether oxygens (including phenoxy) is 3. The predicted molar refractivity (Wildman–Crippen MR) is 172 cm³/mol. The van der Waals surface area contributed by atoms with E-state index in [0.29, 0.717) is 24.2 Å². The Kier molecular flexibility index (Phi) is 16.3. The number of methoxy groups -OCH3 is 2. The van der Waals surface area contributed by atoms with Crippen LogP contribution < -0.4 is 14.2 Å². The van der Waals surface area contributed by atoms with Crippen molar-refractivity contribution in [1.82, 2.24) is 0 Å². The van der Waals surface area contributed by atoms with Crippen molar-refractivity contribution in [3.8, 4) is 23.0 Å². The summed E-state index contributed by atoms with van der Waals surface area (Å²) in [4.78, 5) is 0. The summed E-state index contributed by atoms with van der Waals surface area (Å²) in [6, 6.07) is 8.27. The van der Waals surface area contributed by atoms with Gasteiger partial charge in [0.2, 0.25) is 0 Å². The molecule has 0 bridgehead atoms. The second-order valence-electron chi connectivity index (χ2n) is 11.2. The summed E-state index contributed by atoms with van der Waals surface area (Å²) < 4.78 is 82.4. The smallest absolute Gasteiger partial charge is 0.268 e. The molecule has 0 saturated heterocycles. The summed E-state index contributed by atoms with van der Waals surface area (Å²) in [5.74, 6) is -0.354. The summed E-state index contributed by atoms with van der Waals surface area (Å²) in [5, 5.41) is 10.6. The van der Waals surface area contributed by atoms with Crippen LogP contribution in [0.1, 0.15) is 94.2 Å². The van der Waals surface area contributed by atoms with Crippen molar-refractivity contribution in [3.05, 3.63) is 47.0 Å². The number of hydrogen-bond acceptors (Lipinski definition) is 8. The molecule has 0 aromatic heterocycles. The largest absolute Gasteiger partial charge is 0.504 e. The van der Waals surface area contributed by atoms with E-state index in [1.807, 2.05) is 0 Å². The van der Waals surface area contributed by atoms with Crippen LogP contribution in [0.4, 0.5) is 0 Å². The molecule has 250 valence electrons. The molecule has 0 radical (unpaired) electrons. The van der Waals surface area contributed by atoms with Crippen LogP contribution in [0.2, 0.25) is 0 Å². The highest BCUT2D eigenvalue weighted by Gasteiger charge is 2.25. The first-order valence-electron chi connectivity index (χ1n) is 15.5. The average molecular weight is 659 g/mol. The zero-order chi connectivity index (χ0) is 32.6. The van der Waals surface area contributed by atoms with Crippen molar-refractivity contribution in [2.75, 3.05) is 25.7 Å². The van der Waals surface area contributed by atoms with Gasteiger partial charge in [0.25, 0.3) is 20.2 Å². The van der Waals surface area contributed by atoms with Gasteiger partial charge in [0.05, 0.1) is 20.0 Å². The minimum atomic E-state index is -4.45. The van der Waals surface area contributed by atoms with E-state index in [0.717, 1.165) is 30.4 Å². The zero-order valence-electron chi connectivity index (χ0n) is 26.3. The Hall–Kier alpha value is -2.54. The number of unbranched alkanes of at least 4 members (excludes halogenated alkanes) is 9. The molecule has 0 spiro atoms. The molecular formula is C32H50O10S2. The van der Waals surface area contributed by atoms with Gasteiger partial charge in [0.1, 0.15) is 11.9 Å². The van der Waals surface area contributed by atoms with Crippen LogP contribution in [0.3, 0.4) is 0 Å². The Morgan fingerprint density at radius 1 is 0.705 bits per heavy atom. The van der Waals surface area contributed by atoms with Gasteiger partial charge in [-0.3, -0.25) is 9.11 Å². The number of phenolic OH excluding ortho intramolecular Hbond substituents is 1. The Balaban J connectivity index is 2.26. The molecule has 0 aliphatic rings. The predicted octanol–water partition coefficient (Wildman–Crippen LogP) is 6.57. The number of phenols is 1. The molecular weight excluding hydrogens is 608 g/mol. The fourth-order valence-electron chi connectivity index (χ4n) is 5.40.